The molecule has 0 saturated carbocycles. The van der Waals surface area contributed by atoms with Crippen molar-refractivity contribution in [2.45, 2.75) is 6.18 Å². The first-order chi connectivity index (χ1) is 16.5. The molecule has 1 fully saturated rings. The van der Waals surface area contributed by atoms with E-state index in [0.717, 1.165) is 23.9 Å². The number of rotatable bonds is 5. The van der Waals surface area contributed by atoms with E-state index in [4.69, 9.17) is 17.0 Å². The fourth-order valence-corrected chi connectivity index (χ4v) is 4.47. The van der Waals surface area contributed by atoms with E-state index in [1.165, 1.54) is 35.2 Å². The second kappa shape index (κ2) is 9.47. The third-order valence-corrected chi connectivity index (χ3v) is 6.07. The Balaban J connectivity index is 1.68. The number of nitrogens with zero attached hydrogens (tertiary/aromatic N) is 2. The van der Waals surface area contributed by atoms with E-state index in [1.54, 1.807) is 18.2 Å². The number of benzene rings is 3. The van der Waals surface area contributed by atoms with Gasteiger partial charge in [0.2, 0.25) is 5.75 Å². The second-order valence-corrected chi connectivity index (χ2v) is 8.75. The minimum atomic E-state index is -4.77. The Kier molecular flexibility index (Phi) is 6.59. The lowest BCUT2D eigenvalue weighted by molar-refractivity contribution is -0.385. The van der Waals surface area contributed by atoms with Crippen LogP contribution in [-0.2, 0) is 11.0 Å². The zero-order chi connectivity index (χ0) is 25.3. The average Bonchev–Trinajstić information content (AvgIpc) is 3.07. The number of halogens is 4. The van der Waals surface area contributed by atoms with E-state index >= 15 is 0 Å². The van der Waals surface area contributed by atoms with E-state index < -0.39 is 39.8 Å². The Morgan fingerprint density at radius 2 is 1.77 bits per heavy atom. The number of ether oxygens (including phenoxy) is 1. The Labute approximate surface area is 205 Å². The fraction of sp³-hybridized carbons (Fsp3) is 0.0435. The van der Waals surface area contributed by atoms with Gasteiger partial charge in [-0.1, -0.05) is 48.2 Å². The first kappa shape index (κ1) is 24.4. The highest BCUT2D eigenvalue weighted by Crippen LogP contribution is 2.40. The number of thioether (sulfide) groups is 1. The van der Waals surface area contributed by atoms with Gasteiger partial charge in [0.05, 0.1) is 21.1 Å². The molecule has 0 atom stereocenters. The van der Waals surface area contributed by atoms with Crippen LogP contribution in [0.15, 0.2) is 71.6 Å². The van der Waals surface area contributed by atoms with Crippen molar-refractivity contribution in [1.82, 2.24) is 0 Å². The van der Waals surface area contributed by atoms with Crippen LogP contribution in [0.25, 0.3) is 6.08 Å². The third kappa shape index (κ3) is 5.17. The number of amides is 1. The van der Waals surface area contributed by atoms with Gasteiger partial charge in [0.25, 0.3) is 5.91 Å². The number of para-hydroxylation sites is 1. The molecular weight excluding hydrogens is 508 g/mol. The summed E-state index contributed by atoms with van der Waals surface area (Å²) in [4.78, 5) is 24.7. The van der Waals surface area contributed by atoms with Crippen LogP contribution in [0, 0.1) is 15.9 Å². The average molecular weight is 520 g/mol. The first-order valence-corrected chi connectivity index (χ1v) is 10.9. The van der Waals surface area contributed by atoms with Crippen molar-refractivity contribution in [3.05, 3.63) is 98.7 Å². The summed E-state index contributed by atoms with van der Waals surface area (Å²) in [5.41, 5.74) is -1.49. The normalized spacial score (nSPS) is 15.1. The number of carbonyl (C=O) groups is 1. The SMILES string of the molecule is O=C1/C(=C/c2ccccc2Oc2ccc(C(F)(F)F)cc2[N+](=O)[O-])SC(=S)N1c1cccc(F)c1. The van der Waals surface area contributed by atoms with Gasteiger partial charge >= 0.3 is 11.9 Å². The number of nitro groups is 1. The molecule has 0 aliphatic carbocycles. The van der Waals surface area contributed by atoms with Crippen molar-refractivity contribution < 1.29 is 32.0 Å². The van der Waals surface area contributed by atoms with Crippen LogP contribution >= 0.6 is 24.0 Å². The zero-order valence-corrected chi connectivity index (χ0v) is 18.9. The summed E-state index contributed by atoms with van der Waals surface area (Å²) < 4.78 is 58.4. The van der Waals surface area contributed by atoms with Crippen LogP contribution in [0.3, 0.4) is 0 Å². The Morgan fingerprint density at radius 1 is 1.03 bits per heavy atom. The molecule has 12 heteroatoms. The van der Waals surface area contributed by atoms with Crippen LogP contribution in [0.5, 0.6) is 11.5 Å². The first-order valence-electron chi connectivity index (χ1n) is 9.70. The molecule has 4 rings (SSSR count). The van der Waals surface area contributed by atoms with E-state index in [9.17, 15) is 32.5 Å². The predicted molar refractivity (Wildman–Crippen MR) is 127 cm³/mol. The number of hydrogen-bond acceptors (Lipinski definition) is 6. The van der Waals surface area contributed by atoms with Crippen molar-refractivity contribution in [2.24, 2.45) is 0 Å². The molecule has 1 amide bonds. The van der Waals surface area contributed by atoms with Crippen LogP contribution in [0.4, 0.5) is 28.9 Å². The fourth-order valence-electron chi connectivity index (χ4n) is 3.18. The van der Waals surface area contributed by atoms with Gasteiger partial charge in [0, 0.05) is 11.6 Å². The third-order valence-electron chi connectivity index (χ3n) is 4.77. The molecule has 35 heavy (non-hydrogen) atoms. The van der Waals surface area contributed by atoms with Gasteiger partial charge in [-0.25, -0.2) is 4.39 Å². The summed E-state index contributed by atoms with van der Waals surface area (Å²) in [5, 5.41) is 11.4. The Bertz CT molecular complexity index is 1390. The van der Waals surface area contributed by atoms with Crippen LogP contribution in [0.2, 0.25) is 0 Å². The van der Waals surface area contributed by atoms with E-state index in [-0.39, 0.29) is 20.7 Å². The highest BCUT2D eigenvalue weighted by atomic mass is 32.2. The number of alkyl halides is 3. The molecule has 0 unspecified atom stereocenters. The summed E-state index contributed by atoms with van der Waals surface area (Å²) in [5.74, 6) is -1.40. The highest BCUT2D eigenvalue weighted by molar-refractivity contribution is 8.27. The van der Waals surface area contributed by atoms with Gasteiger partial charge in [-0.3, -0.25) is 19.8 Å². The summed E-state index contributed by atoms with van der Waals surface area (Å²) in [6, 6.07) is 13.5. The van der Waals surface area contributed by atoms with E-state index in [0.29, 0.717) is 17.7 Å². The van der Waals surface area contributed by atoms with Crippen molar-refractivity contribution in [1.29, 1.82) is 0 Å². The van der Waals surface area contributed by atoms with Gasteiger partial charge in [-0.05, 0) is 42.5 Å². The molecule has 3 aromatic carbocycles. The molecular formula is C23H12F4N2O4S2. The highest BCUT2D eigenvalue weighted by Gasteiger charge is 2.35. The van der Waals surface area contributed by atoms with Crippen LogP contribution in [-0.4, -0.2) is 15.2 Å². The molecule has 0 radical (unpaired) electrons. The standard InChI is InChI=1S/C23H12F4N2O4S2/c24-15-5-3-6-16(12-15)28-21(30)20(35-22(28)34)10-13-4-1-2-7-18(13)33-19-9-8-14(23(25,26)27)11-17(19)29(31)32/h1-12H/b20-10-. The number of anilines is 1. The maximum atomic E-state index is 13.6. The van der Waals surface area contributed by atoms with Crippen molar-refractivity contribution in [3.63, 3.8) is 0 Å². The maximum absolute atomic E-state index is 13.6. The molecule has 0 bridgehead atoms. The summed E-state index contributed by atoms with van der Waals surface area (Å²) in [6.45, 7) is 0. The Morgan fingerprint density at radius 3 is 2.46 bits per heavy atom. The smallest absolute Gasteiger partial charge is 0.416 e. The lowest BCUT2D eigenvalue weighted by Crippen LogP contribution is -2.27. The topological polar surface area (TPSA) is 72.7 Å². The quantitative estimate of drug-likeness (QED) is 0.119. The molecule has 6 nitrogen and oxygen atoms in total. The lowest BCUT2D eigenvalue weighted by Gasteiger charge is -2.14. The van der Waals surface area contributed by atoms with Gasteiger partial charge in [-0.15, -0.1) is 0 Å². The number of carbonyl (C=O) groups excluding carboxylic acids is 1. The van der Waals surface area contributed by atoms with Gasteiger partial charge in [0.15, 0.2) is 4.32 Å². The predicted octanol–water partition coefficient (Wildman–Crippen LogP) is 6.95. The Hall–Kier alpha value is -3.77. The molecule has 3 aromatic rings. The molecule has 1 heterocycles. The molecule has 0 aromatic heterocycles. The van der Waals surface area contributed by atoms with Gasteiger partial charge in [0.1, 0.15) is 11.6 Å². The minimum Gasteiger partial charge on any atom is -0.449 e. The molecule has 178 valence electrons. The molecule has 1 saturated heterocycles. The molecule has 0 spiro atoms. The van der Waals surface area contributed by atoms with E-state index in [2.05, 4.69) is 0 Å². The van der Waals surface area contributed by atoms with Crippen LogP contribution in [0.1, 0.15) is 11.1 Å². The van der Waals surface area contributed by atoms with Gasteiger partial charge in [-0.2, -0.15) is 13.2 Å². The minimum absolute atomic E-state index is 0.0615. The maximum Gasteiger partial charge on any atom is 0.416 e. The number of nitro benzene ring substituents is 1. The zero-order valence-electron chi connectivity index (χ0n) is 17.3. The molecule has 0 N–H and O–H groups in total. The van der Waals surface area contributed by atoms with Crippen molar-refractivity contribution in [2.75, 3.05) is 4.90 Å². The monoisotopic (exact) mass is 520 g/mol. The van der Waals surface area contributed by atoms with E-state index in [1.807, 2.05) is 0 Å². The molecule has 1 aliphatic heterocycles. The summed E-state index contributed by atoms with van der Waals surface area (Å²) in [6.07, 6.45) is -3.33. The number of hydrogen-bond donors (Lipinski definition) is 0. The summed E-state index contributed by atoms with van der Waals surface area (Å²) in [7, 11) is 0. The second-order valence-electron chi connectivity index (χ2n) is 7.07. The van der Waals surface area contributed by atoms with Gasteiger partial charge < -0.3 is 4.74 Å². The van der Waals surface area contributed by atoms with Crippen molar-refractivity contribution >= 4 is 51.7 Å². The van der Waals surface area contributed by atoms with Crippen LogP contribution < -0.4 is 9.64 Å². The summed E-state index contributed by atoms with van der Waals surface area (Å²) >= 11 is 6.23. The lowest BCUT2D eigenvalue weighted by atomic mass is 10.1. The largest absolute Gasteiger partial charge is 0.449 e. The number of thiocarbonyl (C=S) groups is 1. The molecule has 1 aliphatic rings. The van der Waals surface area contributed by atoms with Crippen molar-refractivity contribution in [3.8, 4) is 11.5 Å².